The van der Waals surface area contributed by atoms with E-state index in [1.807, 2.05) is 6.92 Å². The molecular formula is C14H21F2NO. The van der Waals surface area contributed by atoms with E-state index in [9.17, 15) is 8.78 Å². The van der Waals surface area contributed by atoms with Gasteiger partial charge in [-0.3, -0.25) is 0 Å². The molecule has 1 unspecified atom stereocenters. The maximum absolute atomic E-state index is 13.4. The minimum absolute atomic E-state index is 0.161. The summed E-state index contributed by atoms with van der Waals surface area (Å²) in [4.78, 5) is 0. The Kier molecular flexibility index (Phi) is 6.22. The maximum Gasteiger partial charge on any atom is 0.130 e. The topological polar surface area (TPSA) is 21.3 Å². The van der Waals surface area contributed by atoms with Crippen LogP contribution in [0.5, 0.6) is 0 Å². The van der Waals surface area contributed by atoms with Crippen molar-refractivity contribution in [3.63, 3.8) is 0 Å². The van der Waals surface area contributed by atoms with E-state index in [1.165, 1.54) is 12.1 Å². The van der Waals surface area contributed by atoms with E-state index in [0.717, 1.165) is 6.07 Å². The van der Waals surface area contributed by atoms with Crippen molar-refractivity contribution in [3.8, 4) is 0 Å². The number of nitrogens with one attached hydrogen (secondary N) is 1. The third kappa shape index (κ3) is 4.70. The van der Waals surface area contributed by atoms with Gasteiger partial charge >= 0.3 is 0 Å². The van der Waals surface area contributed by atoms with E-state index in [-0.39, 0.29) is 6.04 Å². The van der Waals surface area contributed by atoms with Crippen molar-refractivity contribution in [2.75, 3.05) is 13.2 Å². The fourth-order valence-corrected chi connectivity index (χ4v) is 1.64. The largest absolute Gasteiger partial charge is 0.380 e. The van der Waals surface area contributed by atoms with Gasteiger partial charge in [-0.05, 0) is 18.9 Å². The summed E-state index contributed by atoms with van der Waals surface area (Å²) in [5, 5.41) is 3.24. The summed E-state index contributed by atoms with van der Waals surface area (Å²) in [6, 6.07) is 3.81. The van der Waals surface area contributed by atoms with Crippen molar-refractivity contribution in [2.45, 2.75) is 33.4 Å². The Morgan fingerprint density at radius 3 is 2.56 bits per heavy atom. The fraction of sp³-hybridized carbons (Fsp3) is 0.571. The van der Waals surface area contributed by atoms with Gasteiger partial charge in [-0.2, -0.15) is 0 Å². The summed E-state index contributed by atoms with van der Waals surface area (Å²) in [6.07, 6.45) is 0. The van der Waals surface area contributed by atoms with E-state index in [2.05, 4.69) is 19.2 Å². The summed E-state index contributed by atoms with van der Waals surface area (Å²) >= 11 is 0. The van der Waals surface area contributed by atoms with Crippen molar-refractivity contribution in [1.82, 2.24) is 5.32 Å². The minimum atomic E-state index is -0.550. The number of halogens is 2. The number of hydrogen-bond donors (Lipinski definition) is 1. The van der Waals surface area contributed by atoms with E-state index < -0.39 is 11.6 Å². The molecule has 0 aliphatic rings. The predicted octanol–water partition coefficient (Wildman–Crippen LogP) is 3.12. The summed E-state index contributed by atoms with van der Waals surface area (Å²) in [5.74, 6) is -0.674. The highest BCUT2D eigenvalue weighted by Crippen LogP contribution is 2.10. The number of rotatable bonds is 7. The van der Waals surface area contributed by atoms with E-state index >= 15 is 0 Å². The first-order valence-corrected chi connectivity index (χ1v) is 6.29. The lowest BCUT2D eigenvalue weighted by Gasteiger charge is -2.22. The third-order valence-corrected chi connectivity index (χ3v) is 2.88. The molecule has 0 saturated heterocycles. The molecule has 1 atom stereocenters. The lowest BCUT2D eigenvalue weighted by molar-refractivity contribution is 0.107. The standard InChI is InChI=1S/C14H21F2NO/c1-4-18-9-14(10(2)3)17-8-11-5-6-12(15)7-13(11)16/h5-7,10,14,17H,4,8-9H2,1-3H3. The first-order valence-electron chi connectivity index (χ1n) is 6.29. The van der Waals surface area contributed by atoms with Crippen LogP contribution in [0.4, 0.5) is 8.78 Å². The van der Waals surface area contributed by atoms with E-state index in [4.69, 9.17) is 4.74 Å². The van der Waals surface area contributed by atoms with Crippen molar-refractivity contribution in [3.05, 3.63) is 35.4 Å². The number of benzene rings is 1. The average molecular weight is 257 g/mol. The molecule has 0 heterocycles. The van der Waals surface area contributed by atoms with Crippen LogP contribution in [0.25, 0.3) is 0 Å². The molecular weight excluding hydrogens is 236 g/mol. The highest BCUT2D eigenvalue weighted by molar-refractivity contribution is 5.18. The van der Waals surface area contributed by atoms with Gasteiger partial charge in [-0.15, -0.1) is 0 Å². The molecule has 2 nitrogen and oxygen atoms in total. The molecule has 18 heavy (non-hydrogen) atoms. The predicted molar refractivity (Wildman–Crippen MR) is 68.3 cm³/mol. The Morgan fingerprint density at radius 2 is 2.00 bits per heavy atom. The normalized spacial score (nSPS) is 13.0. The quantitative estimate of drug-likeness (QED) is 0.810. The number of hydrogen-bond acceptors (Lipinski definition) is 2. The highest BCUT2D eigenvalue weighted by Gasteiger charge is 2.13. The lowest BCUT2D eigenvalue weighted by atomic mass is 10.0. The molecule has 102 valence electrons. The van der Waals surface area contributed by atoms with Crippen LogP contribution in [0.15, 0.2) is 18.2 Å². The molecule has 0 aromatic heterocycles. The third-order valence-electron chi connectivity index (χ3n) is 2.88. The van der Waals surface area contributed by atoms with Crippen molar-refractivity contribution in [2.24, 2.45) is 5.92 Å². The Morgan fingerprint density at radius 1 is 1.28 bits per heavy atom. The maximum atomic E-state index is 13.4. The fourth-order valence-electron chi connectivity index (χ4n) is 1.64. The molecule has 1 N–H and O–H groups in total. The zero-order chi connectivity index (χ0) is 13.5. The van der Waals surface area contributed by atoms with Crippen LogP contribution in [0.3, 0.4) is 0 Å². The Labute approximate surface area is 107 Å². The van der Waals surface area contributed by atoms with Crippen LogP contribution in [-0.4, -0.2) is 19.3 Å². The summed E-state index contributed by atoms with van der Waals surface area (Å²) in [6.45, 7) is 7.74. The molecule has 0 amide bonds. The van der Waals surface area contributed by atoms with Crippen LogP contribution in [0, 0.1) is 17.6 Å². The van der Waals surface area contributed by atoms with Crippen LogP contribution >= 0.6 is 0 Å². The molecule has 1 rings (SSSR count). The lowest BCUT2D eigenvalue weighted by Crippen LogP contribution is -2.37. The summed E-state index contributed by atoms with van der Waals surface area (Å²) in [5.41, 5.74) is 0.471. The SMILES string of the molecule is CCOCC(NCc1ccc(F)cc1F)C(C)C. The van der Waals surface area contributed by atoms with Gasteiger partial charge in [-0.1, -0.05) is 19.9 Å². The average Bonchev–Trinajstić information content (AvgIpc) is 2.31. The van der Waals surface area contributed by atoms with Gasteiger partial charge in [0.15, 0.2) is 0 Å². The first kappa shape index (κ1) is 15.1. The zero-order valence-electron chi connectivity index (χ0n) is 11.2. The second-order valence-corrected chi connectivity index (χ2v) is 4.63. The molecule has 0 aliphatic heterocycles. The van der Waals surface area contributed by atoms with Gasteiger partial charge in [0.25, 0.3) is 0 Å². The monoisotopic (exact) mass is 257 g/mol. The van der Waals surface area contributed by atoms with Gasteiger partial charge in [0, 0.05) is 30.8 Å². The van der Waals surface area contributed by atoms with Gasteiger partial charge in [0.1, 0.15) is 11.6 Å². The molecule has 0 bridgehead atoms. The number of ether oxygens (including phenoxy) is 1. The molecule has 0 spiro atoms. The molecule has 1 aromatic rings. The van der Waals surface area contributed by atoms with Crippen LogP contribution in [0.1, 0.15) is 26.3 Å². The second-order valence-electron chi connectivity index (χ2n) is 4.63. The van der Waals surface area contributed by atoms with Gasteiger partial charge in [0.2, 0.25) is 0 Å². The van der Waals surface area contributed by atoms with Crippen molar-refractivity contribution < 1.29 is 13.5 Å². The zero-order valence-corrected chi connectivity index (χ0v) is 11.2. The van der Waals surface area contributed by atoms with Gasteiger partial charge < -0.3 is 10.1 Å². The highest BCUT2D eigenvalue weighted by atomic mass is 19.1. The molecule has 0 fully saturated rings. The van der Waals surface area contributed by atoms with Gasteiger partial charge in [-0.25, -0.2) is 8.78 Å². The molecule has 0 saturated carbocycles. The minimum Gasteiger partial charge on any atom is -0.380 e. The Balaban J connectivity index is 2.55. The Bertz CT molecular complexity index is 369. The smallest absolute Gasteiger partial charge is 0.130 e. The van der Waals surface area contributed by atoms with Gasteiger partial charge in [0.05, 0.1) is 6.61 Å². The van der Waals surface area contributed by atoms with Crippen molar-refractivity contribution in [1.29, 1.82) is 0 Å². The molecule has 4 heteroatoms. The molecule has 1 aromatic carbocycles. The van der Waals surface area contributed by atoms with E-state index in [0.29, 0.717) is 31.2 Å². The second kappa shape index (κ2) is 7.44. The van der Waals surface area contributed by atoms with E-state index in [1.54, 1.807) is 0 Å². The Hall–Kier alpha value is -1.00. The first-order chi connectivity index (χ1) is 8.54. The van der Waals surface area contributed by atoms with Crippen LogP contribution in [-0.2, 0) is 11.3 Å². The molecule has 0 aliphatic carbocycles. The van der Waals surface area contributed by atoms with Crippen molar-refractivity contribution >= 4 is 0 Å². The molecule has 0 radical (unpaired) electrons. The summed E-state index contributed by atoms with van der Waals surface area (Å²) < 4.78 is 31.6. The van der Waals surface area contributed by atoms with Crippen LogP contribution in [0.2, 0.25) is 0 Å². The van der Waals surface area contributed by atoms with Crippen LogP contribution < -0.4 is 5.32 Å². The summed E-state index contributed by atoms with van der Waals surface area (Å²) in [7, 11) is 0.